The first-order chi connectivity index (χ1) is 13.4. The molecule has 0 saturated carbocycles. The Morgan fingerprint density at radius 2 is 2.04 bits per heavy atom. The number of benzene rings is 2. The minimum atomic E-state index is -0.102. The van der Waals surface area contributed by atoms with Crippen molar-refractivity contribution in [3.8, 4) is 0 Å². The van der Waals surface area contributed by atoms with E-state index in [-0.39, 0.29) is 24.3 Å². The second kappa shape index (κ2) is 7.05. The number of nitrogens with one attached hydrogen (secondary N) is 2. The normalized spacial score (nSPS) is 16.1. The van der Waals surface area contributed by atoms with E-state index >= 15 is 0 Å². The van der Waals surface area contributed by atoms with Gasteiger partial charge in [-0.3, -0.25) is 9.59 Å². The van der Waals surface area contributed by atoms with Crippen LogP contribution in [0, 0.1) is 6.92 Å². The predicted octanol–water partition coefficient (Wildman–Crippen LogP) is 2.51. The molecule has 2 amide bonds. The number of carbonyl (C=O) groups excluding carboxylic acids is 2. The van der Waals surface area contributed by atoms with E-state index in [1.54, 1.807) is 4.90 Å². The van der Waals surface area contributed by atoms with Gasteiger partial charge in [0.1, 0.15) is 11.0 Å². The summed E-state index contributed by atoms with van der Waals surface area (Å²) in [7, 11) is 3.68. The molecule has 0 bridgehead atoms. The van der Waals surface area contributed by atoms with Crippen LogP contribution in [0.25, 0.3) is 11.0 Å². The Kier molecular flexibility index (Phi) is 4.56. The first kappa shape index (κ1) is 18.1. The monoisotopic (exact) mass is 379 g/mol. The number of aryl methyl sites for hydroxylation is 1. The molecule has 1 aromatic heterocycles. The van der Waals surface area contributed by atoms with Crippen LogP contribution in [0.5, 0.6) is 0 Å². The molecule has 144 valence electrons. The van der Waals surface area contributed by atoms with Gasteiger partial charge in [0.15, 0.2) is 0 Å². The van der Waals surface area contributed by atoms with Crippen molar-refractivity contribution in [3.63, 3.8) is 0 Å². The van der Waals surface area contributed by atoms with Crippen LogP contribution >= 0.6 is 0 Å². The molecule has 0 radical (unpaired) electrons. The molecule has 8 nitrogen and oxygen atoms in total. The molecule has 8 heteroatoms. The summed E-state index contributed by atoms with van der Waals surface area (Å²) < 4.78 is 4.77. The van der Waals surface area contributed by atoms with E-state index in [0.717, 1.165) is 16.7 Å². The van der Waals surface area contributed by atoms with E-state index in [1.807, 2.05) is 51.4 Å². The molecular formula is C20H21N5O3. The van der Waals surface area contributed by atoms with Crippen molar-refractivity contribution in [2.75, 3.05) is 31.3 Å². The van der Waals surface area contributed by atoms with Crippen molar-refractivity contribution in [3.05, 3.63) is 47.0 Å². The molecular weight excluding hydrogens is 358 g/mol. The van der Waals surface area contributed by atoms with Gasteiger partial charge in [-0.2, -0.15) is 0 Å². The van der Waals surface area contributed by atoms with Crippen LogP contribution in [0.4, 0.5) is 11.4 Å². The number of rotatable bonds is 4. The van der Waals surface area contributed by atoms with E-state index < -0.39 is 0 Å². The Hall–Kier alpha value is -3.26. The maximum atomic E-state index is 12.3. The highest BCUT2D eigenvalue weighted by Gasteiger charge is 2.28. The smallest absolute Gasteiger partial charge is 0.238 e. The van der Waals surface area contributed by atoms with Crippen molar-refractivity contribution in [1.29, 1.82) is 0 Å². The van der Waals surface area contributed by atoms with Crippen LogP contribution in [-0.2, 0) is 9.59 Å². The maximum Gasteiger partial charge on any atom is 0.238 e. The lowest BCUT2D eigenvalue weighted by atomic mass is 9.83. The average molecular weight is 379 g/mol. The Morgan fingerprint density at radius 3 is 2.82 bits per heavy atom. The van der Waals surface area contributed by atoms with Crippen LogP contribution in [0.15, 0.2) is 35.0 Å². The van der Waals surface area contributed by atoms with Crippen molar-refractivity contribution in [1.82, 2.24) is 15.2 Å². The molecule has 0 saturated heterocycles. The number of hydrogen-bond donors (Lipinski definition) is 2. The summed E-state index contributed by atoms with van der Waals surface area (Å²) in [6, 6.07) is 9.55. The zero-order valence-corrected chi connectivity index (χ0v) is 15.9. The quantitative estimate of drug-likeness (QED) is 0.722. The van der Waals surface area contributed by atoms with E-state index in [1.165, 1.54) is 0 Å². The fourth-order valence-electron chi connectivity index (χ4n) is 3.55. The van der Waals surface area contributed by atoms with Crippen LogP contribution in [0.2, 0.25) is 0 Å². The maximum absolute atomic E-state index is 12.3. The molecule has 1 aliphatic rings. The van der Waals surface area contributed by atoms with Gasteiger partial charge >= 0.3 is 0 Å². The third-order valence-electron chi connectivity index (χ3n) is 4.85. The van der Waals surface area contributed by atoms with Gasteiger partial charge in [-0.1, -0.05) is 12.1 Å². The summed E-state index contributed by atoms with van der Waals surface area (Å²) in [6.07, 6.45) is 0.343. The molecule has 0 spiro atoms. The molecule has 1 aliphatic heterocycles. The summed E-state index contributed by atoms with van der Waals surface area (Å²) in [5, 5.41) is 13.6. The van der Waals surface area contributed by atoms with Gasteiger partial charge in [-0.05, 0) is 66.2 Å². The van der Waals surface area contributed by atoms with Gasteiger partial charge in [-0.15, -0.1) is 0 Å². The van der Waals surface area contributed by atoms with Gasteiger partial charge in [0.05, 0.1) is 6.54 Å². The molecule has 2 heterocycles. The van der Waals surface area contributed by atoms with E-state index in [9.17, 15) is 9.59 Å². The van der Waals surface area contributed by atoms with E-state index in [0.29, 0.717) is 28.8 Å². The standard InChI is InChI=1S/C20H21N5O3/c1-11-6-14-13(12-4-5-15-18(7-12)24-28-23-15)8-19(26)22-17(14)9-16(11)21-20(27)10-25(2)3/h4-7,9,13H,8,10H2,1-3H3,(H,21,27)(H,22,26). The van der Waals surface area contributed by atoms with Gasteiger partial charge in [0, 0.05) is 23.7 Å². The highest BCUT2D eigenvalue weighted by atomic mass is 16.6. The van der Waals surface area contributed by atoms with Gasteiger partial charge in [0.25, 0.3) is 0 Å². The number of likely N-dealkylation sites (N-methyl/N-ethyl adjacent to an activating group) is 1. The summed E-state index contributed by atoms with van der Waals surface area (Å²) in [6.45, 7) is 2.24. The van der Waals surface area contributed by atoms with Gasteiger partial charge in [0.2, 0.25) is 11.8 Å². The Labute approximate surface area is 161 Å². The molecule has 0 aliphatic carbocycles. The average Bonchev–Trinajstić information content (AvgIpc) is 3.09. The SMILES string of the molecule is Cc1cc2c(cc1NC(=O)CN(C)C)NC(=O)CC2c1ccc2nonc2c1. The largest absolute Gasteiger partial charge is 0.326 e. The lowest BCUT2D eigenvalue weighted by Gasteiger charge is -2.27. The van der Waals surface area contributed by atoms with Crippen molar-refractivity contribution in [2.24, 2.45) is 0 Å². The van der Waals surface area contributed by atoms with Crippen LogP contribution in [0.1, 0.15) is 29.0 Å². The fourth-order valence-corrected chi connectivity index (χ4v) is 3.55. The summed E-state index contributed by atoms with van der Waals surface area (Å²) in [5.41, 5.74) is 5.68. The van der Waals surface area contributed by atoms with Gasteiger partial charge in [-0.25, -0.2) is 4.63 Å². The molecule has 28 heavy (non-hydrogen) atoms. The first-order valence-electron chi connectivity index (χ1n) is 9.02. The van der Waals surface area contributed by atoms with Crippen LogP contribution in [-0.4, -0.2) is 47.7 Å². The third kappa shape index (κ3) is 3.46. The van der Waals surface area contributed by atoms with Crippen LogP contribution < -0.4 is 10.6 Å². The zero-order chi connectivity index (χ0) is 19.8. The number of fused-ring (bicyclic) bond motifs is 2. The fraction of sp³-hybridized carbons (Fsp3) is 0.300. The Bertz CT molecular complexity index is 1070. The van der Waals surface area contributed by atoms with Gasteiger partial charge < -0.3 is 15.5 Å². The van der Waals surface area contributed by atoms with E-state index in [2.05, 4.69) is 20.9 Å². The summed E-state index contributed by atoms with van der Waals surface area (Å²) in [4.78, 5) is 26.3. The lowest BCUT2D eigenvalue weighted by molar-refractivity contribution is -0.117. The van der Waals surface area contributed by atoms with Crippen molar-refractivity contribution >= 4 is 34.2 Å². The minimum absolute atomic E-state index is 0.0645. The molecule has 4 rings (SSSR count). The van der Waals surface area contributed by atoms with Crippen molar-refractivity contribution < 1.29 is 14.2 Å². The summed E-state index contributed by atoms with van der Waals surface area (Å²) in [5.74, 6) is -0.268. The number of nitrogens with zero attached hydrogens (tertiary/aromatic N) is 3. The number of hydrogen-bond acceptors (Lipinski definition) is 6. The topological polar surface area (TPSA) is 100 Å². The molecule has 2 N–H and O–H groups in total. The molecule has 1 unspecified atom stereocenters. The number of anilines is 2. The number of carbonyl (C=O) groups is 2. The van der Waals surface area contributed by atoms with Crippen molar-refractivity contribution in [2.45, 2.75) is 19.3 Å². The minimum Gasteiger partial charge on any atom is -0.326 e. The first-order valence-corrected chi connectivity index (χ1v) is 9.02. The Morgan fingerprint density at radius 1 is 1.25 bits per heavy atom. The second-order valence-electron chi connectivity index (χ2n) is 7.36. The van der Waals surface area contributed by atoms with E-state index in [4.69, 9.17) is 4.63 Å². The second-order valence-corrected chi connectivity index (χ2v) is 7.36. The third-order valence-corrected chi connectivity index (χ3v) is 4.85. The Balaban J connectivity index is 1.70. The molecule has 1 atom stereocenters. The molecule has 3 aromatic rings. The lowest BCUT2D eigenvalue weighted by Crippen LogP contribution is -2.28. The predicted molar refractivity (Wildman–Crippen MR) is 105 cm³/mol. The zero-order valence-electron chi connectivity index (χ0n) is 15.9. The van der Waals surface area contributed by atoms with Crippen LogP contribution in [0.3, 0.4) is 0 Å². The number of amides is 2. The molecule has 2 aromatic carbocycles. The highest BCUT2D eigenvalue weighted by Crippen LogP contribution is 2.40. The molecule has 0 fully saturated rings. The number of aromatic nitrogens is 2. The highest BCUT2D eigenvalue weighted by molar-refractivity contribution is 5.98. The summed E-state index contributed by atoms with van der Waals surface area (Å²) >= 11 is 0.